The van der Waals surface area contributed by atoms with Gasteiger partial charge < -0.3 is 10.2 Å². The highest BCUT2D eigenvalue weighted by atomic mass is 19.1. The van der Waals surface area contributed by atoms with Gasteiger partial charge in [-0.05, 0) is 37.1 Å². The first-order chi connectivity index (χ1) is 8.24. The van der Waals surface area contributed by atoms with Crippen molar-refractivity contribution in [2.45, 2.75) is 37.6 Å². The van der Waals surface area contributed by atoms with Crippen LogP contribution in [0.1, 0.15) is 37.4 Å². The minimum atomic E-state index is -0.224. The number of nitrogens with two attached hydrogens (primary N) is 1. The van der Waals surface area contributed by atoms with E-state index in [2.05, 4.69) is 0 Å². The largest absolute Gasteiger partial charge is 0.461 e. The molecule has 3 rings (SSSR count). The summed E-state index contributed by atoms with van der Waals surface area (Å²) in [6, 6.07) is 6.73. The van der Waals surface area contributed by atoms with Crippen molar-refractivity contribution in [2.75, 3.05) is 0 Å². The zero-order valence-electron chi connectivity index (χ0n) is 9.66. The lowest BCUT2D eigenvalue weighted by Gasteiger charge is -2.26. The molecule has 2 aromatic rings. The molecule has 17 heavy (non-hydrogen) atoms. The number of furan rings is 1. The van der Waals surface area contributed by atoms with Gasteiger partial charge in [0.1, 0.15) is 17.2 Å². The van der Waals surface area contributed by atoms with Crippen molar-refractivity contribution in [2.24, 2.45) is 5.73 Å². The SMILES string of the molecule is NC1CCCCC1c1cc2cc(F)ccc2o1. The van der Waals surface area contributed by atoms with Crippen LogP contribution in [0.4, 0.5) is 4.39 Å². The molecule has 1 aliphatic carbocycles. The Morgan fingerprint density at radius 3 is 2.82 bits per heavy atom. The summed E-state index contributed by atoms with van der Waals surface area (Å²) < 4.78 is 18.9. The molecule has 1 aromatic carbocycles. The predicted molar refractivity (Wildman–Crippen MR) is 65.4 cm³/mol. The molecule has 1 saturated carbocycles. The molecular formula is C14H16FNO. The maximum absolute atomic E-state index is 13.1. The zero-order chi connectivity index (χ0) is 11.8. The van der Waals surface area contributed by atoms with E-state index in [1.165, 1.54) is 25.0 Å². The van der Waals surface area contributed by atoms with E-state index >= 15 is 0 Å². The Balaban J connectivity index is 1.99. The van der Waals surface area contributed by atoms with Gasteiger partial charge in [-0.15, -0.1) is 0 Å². The fourth-order valence-electron chi connectivity index (χ4n) is 2.73. The first kappa shape index (κ1) is 10.8. The Kier molecular flexibility index (Phi) is 2.63. The van der Waals surface area contributed by atoms with Crippen molar-refractivity contribution in [3.63, 3.8) is 0 Å². The summed E-state index contributed by atoms with van der Waals surface area (Å²) in [6.45, 7) is 0. The van der Waals surface area contributed by atoms with E-state index in [0.717, 1.165) is 29.6 Å². The highest BCUT2D eigenvalue weighted by molar-refractivity contribution is 5.78. The molecule has 3 heteroatoms. The van der Waals surface area contributed by atoms with Gasteiger partial charge in [-0.1, -0.05) is 12.8 Å². The van der Waals surface area contributed by atoms with Crippen molar-refractivity contribution in [1.82, 2.24) is 0 Å². The molecule has 0 bridgehead atoms. The normalized spacial score (nSPS) is 25.3. The fourth-order valence-corrected chi connectivity index (χ4v) is 2.73. The van der Waals surface area contributed by atoms with Crippen molar-refractivity contribution in [3.05, 3.63) is 35.8 Å². The Hall–Kier alpha value is -1.35. The van der Waals surface area contributed by atoms with Gasteiger partial charge in [-0.25, -0.2) is 4.39 Å². The maximum Gasteiger partial charge on any atom is 0.134 e. The molecular weight excluding hydrogens is 217 g/mol. The lowest BCUT2D eigenvalue weighted by atomic mass is 9.83. The summed E-state index contributed by atoms with van der Waals surface area (Å²) in [7, 11) is 0. The molecule has 90 valence electrons. The molecule has 0 spiro atoms. The average molecular weight is 233 g/mol. The van der Waals surface area contributed by atoms with Crippen LogP contribution in [-0.2, 0) is 0 Å². The molecule has 1 fully saturated rings. The molecule has 2 atom stereocenters. The number of benzene rings is 1. The highest BCUT2D eigenvalue weighted by Gasteiger charge is 2.26. The van der Waals surface area contributed by atoms with Crippen LogP contribution in [0, 0.1) is 5.82 Å². The summed E-state index contributed by atoms with van der Waals surface area (Å²) >= 11 is 0. The van der Waals surface area contributed by atoms with Crippen LogP contribution in [0.3, 0.4) is 0 Å². The summed E-state index contributed by atoms with van der Waals surface area (Å²) in [5.41, 5.74) is 6.88. The second-order valence-electron chi connectivity index (χ2n) is 4.89. The van der Waals surface area contributed by atoms with Gasteiger partial charge >= 0.3 is 0 Å². The second-order valence-corrected chi connectivity index (χ2v) is 4.89. The number of fused-ring (bicyclic) bond motifs is 1. The third-order valence-corrected chi connectivity index (χ3v) is 3.68. The first-order valence-electron chi connectivity index (χ1n) is 6.18. The van der Waals surface area contributed by atoms with Gasteiger partial charge in [0.2, 0.25) is 0 Å². The van der Waals surface area contributed by atoms with Crippen LogP contribution < -0.4 is 5.73 Å². The van der Waals surface area contributed by atoms with Crippen LogP contribution in [0.5, 0.6) is 0 Å². The molecule has 1 heterocycles. The van der Waals surface area contributed by atoms with E-state index in [9.17, 15) is 4.39 Å². The molecule has 0 amide bonds. The molecule has 1 aromatic heterocycles. The number of hydrogen-bond donors (Lipinski definition) is 1. The molecule has 2 unspecified atom stereocenters. The third kappa shape index (κ3) is 1.95. The van der Waals surface area contributed by atoms with Gasteiger partial charge in [0.25, 0.3) is 0 Å². The van der Waals surface area contributed by atoms with Crippen molar-refractivity contribution in [1.29, 1.82) is 0 Å². The predicted octanol–water partition coefficient (Wildman–Crippen LogP) is 3.56. The molecule has 0 aliphatic heterocycles. The Morgan fingerprint density at radius 2 is 2.00 bits per heavy atom. The Labute approximate surface area is 99.6 Å². The van der Waals surface area contributed by atoms with Gasteiger partial charge in [-0.3, -0.25) is 0 Å². The van der Waals surface area contributed by atoms with E-state index in [4.69, 9.17) is 10.2 Å². The fraction of sp³-hybridized carbons (Fsp3) is 0.429. The zero-order valence-corrected chi connectivity index (χ0v) is 9.66. The van der Waals surface area contributed by atoms with E-state index in [1.54, 1.807) is 6.07 Å². The Morgan fingerprint density at radius 1 is 1.18 bits per heavy atom. The Bertz CT molecular complexity index is 534. The van der Waals surface area contributed by atoms with Gasteiger partial charge in [-0.2, -0.15) is 0 Å². The van der Waals surface area contributed by atoms with E-state index in [0.29, 0.717) is 5.92 Å². The lowest BCUT2D eigenvalue weighted by Crippen LogP contribution is -2.31. The van der Waals surface area contributed by atoms with Crippen LogP contribution in [0.2, 0.25) is 0 Å². The number of hydrogen-bond acceptors (Lipinski definition) is 2. The highest BCUT2D eigenvalue weighted by Crippen LogP contribution is 2.35. The first-order valence-corrected chi connectivity index (χ1v) is 6.18. The molecule has 0 saturated heterocycles. The van der Waals surface area contributed by atoms with E-state index < -0.39 is 0 Å². The molecule has 2 N–H and O–H groups in total. The summed E-state index contributed by atoms with van der Waals surface area (Å²) in [6.07, 6.45) is 4.52. The van der Waals surface area contributed by atoms with Gasteiger partial charge in [0.05, 0.1) is 0 Å². The van der Waals surface area contributed by atoms with Gasteiger partial charge in [0, 0.05) is 17.3 Å². The molecule has 2 nitrogen and oxygen atoms in total. The number of rotatable bonds is 1. The minimum absolute atomic E-state index is 0.175. The quantitative estimate of drug-likeness (QED) is 0.818. The van der Waals surface area contributed by atoms with Crippen molar-refractivity contribution >= 4 is 11.0 Å². The van der Waals surface area contributed by atoms with Crippen LogP contribution in [0.25, 0.3) is 11.0 Å². The monoisotopic (exact) mass is 233 g/mol. The van der Waals surface area contributed by atoms with Crippen LogP contribution in [0.15, 0.2) is 28.7 Å². The third-order valence-electron chi connectivity index (χ3n) is 3.68. The van der Waals surface area contributed by atoms with Crippen LogP contribution in [-0.4, -0.2) is 6.04 Å². The summed E-state index contributed by atoms with van der Waals surface area (Å²) in [5.74, 6) is 0.981. The molecule has 0 radical (unpaired) electrons. The smallest absolute Gasteiger partial charge is 0.134 e. The topological polar surface area (TPSA) is 39.2 Å². The van der Waals surface area contributed by atoms with Crippen molar-refractivity contribution in [3.8, 4) is 0 Å². The lowest BCUT2D eigenvalue weighted by molar-refractivity contribution is 0.342. The van der Waals surface area contributed by atoms with E-state index in [-0.39, 0.29) is 11.9 Å². The van der Waals surface area contributed by atoms with Crippen LogP contribution >= 0.6 is 0 Å². The summed E-state index contributed by atoms with van der Waals surface area (Å²) in [4.78, 5) is 0. The standard InChI is InChI=1S/C14H16FNO/c15-10-5-6-13-9(7-10)8-14(17-13)11-3-1-2-4-12(11)16/h5-8,11-12H,1-4,16H2. The maximum atomic E-state index is 13.1. The second kappa shape index (κ2) is 4.15. The minimum Gasteiger partial charge on any atom is -0.461 e. The molecule has 1 aliphatic rings. The van der Waals surface area contributed by atoms with Crippen molar-refractivity contribution < 1.29 is 8.81 Å². The van der Waals surface area contributed by atoms with E-state index in [1.807, 2.05) is 6.07 Å². The van der Waals surface area contributed by atoms with Gasteiger partial charge in [0.15, 0.2) is 0 Å². The average Bonchev–Trinajstić information content (AvgIpc) is 2.72. The summed E-state index contributed by atoms with van der Waals surface area (Å²) in [5, 5.41) is 0.831. The number of halogens is 1.